The number of hydrogen-bond donors (Lipinski definition) is 1. The van der Waals surface area contributed by atoms with E-state index in [2.05, 4.69) is 20.0 Å². The van der Waals surface area contributed by atoms with Crippen LogP contribution in [0.3, 0.4) is 0 Å². The fourth-order valence-electron chi connectivity index (χ4n) is 0.327. The second-order valence-corrected chi connectivity index (χ2v) is 5.80. The van der Waals surface area contributed by atoms with E-state index in [0.29, 0.717) is 0 Å². The molecule has 0 fully saturated rings. The van der Waals surface area contributed by atoms with E-state index in [1.54, 1.807) is 6.33 Å². The Kier molecular flexibility index (Phi) is 33.7. The summed E-state index contributed by atoms with van der Waals surface area (Å²) in [6.45, 7) is 0. The predicted octanol–water partition coefficient (Wildman–Crippen LogP) is 0.875. The fraction of sp³-hybridized carbons (Fsp3) is 0. The molecular weight excluding hydrogens is 1080 g/mol. The molecule has 0 atom stereocenters. The molecule has 0 radical (unpaired) electrons. The van der Waals surface area contributed by atoms with Crippen LogP contribution in [-0.2, 0) is 102 Å². The summed E-state index contributed by atoms with van der Waals surface area (Å²) in [5, 5.41) is 0. The SMILES string of the molecule is Cl[C-]=[W].Cl[C](=[W])c1[c-]nc[nH]1.[W].[W].[W]. The molecule has 0 saturated heterocycles. The van der Waals surface area contributed by atoms with Crippen LogP contribution in [0.5, 0.6) is 0 Å². The molecule has 0 bridgehead atoms. The van der Waals surface area contributed by atoms with Crippen molar-refractivity contribution in [3.05, 3.63) is 18.2 Å². The van der Waals surface area contributed by atoms with E-state index in [1.165, 1.54) is 38.7 Å². The summed E-state index contributed by atoms with van der Waals surface area (Å²) in [5.74, 6) is 0. The first-order chi connectivity index (χ1) is 5.22. The smallest absolute Gasteiger partial charge is 0 e. The molecule has 1 heterocycles. The van der Waals surface area contributed by atoms with Gasteiger partial charge in [0.1, 0.15) is 0 Å². The summed E-state index contributed by atoms with van der Waals surface area (Å²) in [6, 6.07) is 0. The van der Waals surface area contributed by atoms with Gasteiger partial charge in [0.15, 0.2) is 0 Å². The van der Waals surface area contributed by atoms with E-state index in [9.17, 15) is 0 Å². The number of nitrogens with zero attached hydrogens (tertiary/aromatic N) is 1. The van der Waals surface area contributed by atoms with Crippen LogP contribution in [0.1, 0.15) is 5.69 Å². The van der Waals surface area contributed by atoms with Crippen molar-refractivity contribution < 1.29 is 102 Å². The number of nitrogens with one attached hydrogen (secondary N) is 1. The zero-order chi connectivity index (χ0) is 8.69. The van der Waals surface area contributed by atoms with Crippen LogP contribution in [0.2, 0.25) is 0 Å². The van der Waals surface area contributed by atoms with Crippen LogP contribution >= 0.6 is 23.2 Å². The van der Waals surface area contributed by atoms with Crippen molar-refractivity contribution in [2.45, 2.75) is 0 Å². The van der Waals surface area contributed by atoms with E-state index in [0.717, 1.165) is 9.05 Å². The fourth-order valence-corrected chi connectivity index (χ4v) is 0.799. The molecule has 0 aliphatic rings. The molecule has 1 aromatic rings. The third-order valence-electron chi connectivity index (χ3n) is 0.646. The van der Waals surface area contributed by atoms with Gasteiger partial charge in [-0.15, -0.1) is 0 Å². The first-order valence-corrected chi connectivity index (χ1v) is 6.00. The van der Waals surface area contributed by atoms with E-state index in [1.807, 2.05) is 0 Å². The molecule has 0 aromatic carbocycles. The summed E-state index contributed by atoms with van der Waals surface area (Å²) in [5.41, 5.74) is 0.793. The molecule has 0 saturated carbocycles. The topological polar surface area (TPSA) is 28.7 Å². The average Bonchev–Trinajstić information content (AvgIpc) is 2.38. The number of aromatic amines is 1. The number of halogens is 2. The molecular formula is C5H2Cl2N2W5-2. The standard InChI is InChI=1S/C4H2ClN2.CCl.5W/c5-1-4-2-6-3-7-4;1-2;;;;;/h3H,(H,6,7);;;;;;/q2*-1;;;;;. The number of H-pyrrole nitrogens is 1. The van der Waals surface area contributed by atoms with Gasteiger partial charge in [0.2, 0.25) is 0 Å². The zero-order valence-corrected chi connectivity index (χ0v) is 22.5. The molecule has 78 valence electrons. The largest absolute Gasteiger partial charge is 0 e. The van der Waals surface area contributed by atoms with Crippen molar-refractivity contribution in [1.29, 1.82) is 0 Å². The number of imidazole rings is 1. The van der Waals surface area contributed by atoms with Crippen LogP contribution in [0.15, 0.2) is 6.33 Å². The molecule has 0 unspecified atom stereocenters. The van der Waals surface area contributed by atoms with Crippen LogP contribution in [0, 0.1) is 6.20 Å². The molecule has 14 heavy (non-hydrogen) atoms. The maximum absolute atomic E-state index is 5.60. The third kappa shape index (κ3) is 15.0. The number of rotatable bonds is 1. The Labute approximate surface area is 158 Å². The number of hydrogen-bond acceptors (Lipinski definition) is 1. The van der Waals surface area contributed by atoms with Crippen molar-refractivity contribution in [3.8, 4) is 0 Å². The Morgan fingerprint density at radius 2 is 1.93 bits per heavy atom. The van der Waals surface area contributed by atoms with Crippen LogP contribution in [0.25, 0.3) is 0 Å². The van der Waals surface area contributed by atoms with E-state index < -0.39 is 0 Å². The molecule has 1 N–H and O–H groups in total. The molecule has 0 aliphatic heterocycles. The summed E-state index contributed by atoms with van der Waals surface area (Å²) < 4.78 is 3.07. The van der Waals surface area contributed by atoms with Crippen LogP contribution in [-0.4, -0.2) is 17.2 Å². The van der Waals surface area contributed by atoms with Gasteiger partial charge in [-0.3, -0.25) is 0 Å². The van der Waals surface area contributed by atoms with Gasteiger partial charge in [-0.25, -0.2) is 0 Å². The number of aromatic nitrogens is 2. The molecule has 0 aliphatic carbocycles. The maximum Gasteiger partial charge on any atom is 0 e. The summed E-state index contributed by atoms with van der Waals surface area (Å²) in [6.07, 6.45) is 4.24. The first kappa shape index (κ1) is 25.7. The van der Waals surface area contributed by atoms with E-state index in [4.69, 9.17) is 23.2 Å². The van der Waals surface area contributed by atoms with Gasteiger partial charge >= 0.3 is 97.3 Å². The Bertz CT molecular complexity index is 228. The van der Waals surface area contributed by atoms with Gasteiger partial charge in [-0.2, -0.15) is 0 Å². The van der Waals surface area contributed by atoms with Crippen molar-refractivity contribution in [2.75, 3.05) is 0 Å². The van der Waals surface area contributed by atoms with Gasteiger partial charge in [0.05, 0.1) is 0 Å². The summed E-state index contributed by atoms with van der Waals surface area (Å²) in [7, 11) is 0. The predicted molar refractivity (Wildman–Crippen MR) is 38.2 cm³/mol. The van der Waals surface area contributed by atoms with E-state index >= 15 is 0 Å². The zero-order valence-electron chi connectivity index (χ0n) is 6.32. The normalized spacial score (nSPS) is 6.14. The molecule has 2 nitrogen and oxygen atoms in total. The van der Waals surface area contributed by atoms with Gasteiger partial charge in [-0.1, -0.05) is 0 Å². The molecule has 0 spiro atoms. The Morgan fingerprint density at radius 3 is 2.07 bits per heavy atom. The minimum atomic E-state index is 0. The Balaban J connectivity index is -0.0000000758. The van der Waals surface area contributed by atoms with Crippen molar-refractivity contribution in [1.82, 2.24) is 9.97 Å². The second-order valence-electron chi connectivity index (χ2n) is 1.24. The van der Waals surface area contributed by atoms with Gasteiger partial charge < -0.3 is 0 Å². The Hall–Kier alpha value is 2.97. The van der Waals surface area contributed by atoms with Gasteiger partial charge in [0, 0.05) is 63.2 Å². The molecule has 0 amide bonds. The molecule has 1 aromatic heterocycles. The van der Waals surface area contributed by atoms with Gasteiger partial charge in [0.25, 0.3) is 0 Å². The summed E-state index contributed by atoms with van der Waals surface area (Å²) >= 11 is 12.8. The van der Waals surface area contributed by atoms with Crippen molar-refractivity contribution in [3.63, 3.8) is 0 Å². The van der Waals surface area contributed by atoms with Crippen molar-refractivity contribution in [2.24, 2.45) is 0 Å². The quantitative estimate of drug-likeness (QED) is 0.417. The Morgan fingerprint density at radius 1 is 1.50 bits per heavy atom. The maximum atomic E-state index is 5.60. The minimum Gasteiger partial charge on any atom is 0 e. The van der Waals surface area contributed by atoms with Crippen LogP contribution < -0.4 is 0 Å². The molecule has 9 heteroatoms. The minimum absolute atomic E-state index is 0. The van der Waals surface area contributed by atoms with Crippen molar-refractivity contribution >= 4 is 30.4 Å². The monoisotopic (exact) mass is 1080 g/mol. The second kappa shape index (κ2) is 18.3. The van der Waals surface area contributed by atoms with E-state index in [-0.39, 0.29) is 63.2 Å². The van der Waals surface area contributed by atoms with Gasteiger partial charge in [-0.05, 0) is 0 Å². The molecule has 1 rings (SSSR count). The van der Waals surface area contributed by atoms with Crippen LogP contribution in [0.4, 0.5) is 0 Å². The average molecular weight is 1080 g/mol. The third-order valence-corrected chi connectivity index (χ3v) is 1.57. The summed E-state index contributed by atoms with van der Waals surface area (Å²) in [4.78, 5) is 6.49. The first-order valence-electron chi connectivity index (χ1n) is 2.31.